The highest BCUT2D eigenvalue weighted by Gasteiger charge is 2.24. The fourth-order valence-corrected chi connectivity index (χ4v) is 2.50. The Kier molecular flexibility index (Phi) is 4.66. The molecule has 0 saturated heterocycles. The maximum Gasteiger partial charge on any atom is 0.306 e. The van der Waals surface area contributed by atoms with E-state index in [-0.39, 0.29) is 23.9 Å². The third kappa shape index (κ3) is 4.31. The molecule has 0 atom stereocenters. The number of carbonyl (C=O) groups excluding carboxylic acids is 2. The van der Waals surface area contributed by atoms with Gasteiger partial charge in [-0.2, -0.15) is 0 Å². The molecule has 114 valence electrons. The second-order valence-electron chi connectivity index (χ2n) is 6.68. The van der Waals surface area contributed by atoms with E-state index in [0.717, 1.165) is 18.5 Å². The fourth-order valence-electron chi connectivity index (χ4n) is 2.50. The zero-order chi connectivity index (χ0) is 15.5. The number of amides is 1. The summed E-state index contributed by atoms with van der Waals surface area (Å²) in [5.74, 6) is -0.467. The van der Waals surface area contributed by atoms with Crippen molar-refractivity contribution >= 4 is 17.6 Å². The molecule has 1 aliphatic rings. The maximum atomic E-state index is 12.3. The summed E-state index contributed by atoms with van der Waals surface area (Å²) in [6.45, 7) is 6.42. The molecule has 2 rings (SSSR count). The highest BCUT2D eigenvalue weighted by molar-refractivity contribution is 5.96. The molecule has 4 nitrogen and oxygen atoms in total. The zero-order valence-corrected chi connectivity index (χ0v) is 13.0. The molecule has 0 aliphatic carbocycles. The van der Waals surface area contributed by atoms with E-state index in [2.05, 4.69) is 0 Å². The summed E-state index contributed by atoms with van der Waals surface area (Å²) in [6, 6.07) is 7.90. The van der Waals surface area contributed by atoms with Crippen molar-refractivity contribution in [2.45, 2.75) is 40.0 Å². The van der Waals surface area contributed by atoms with Gasteiger partial charge in [-0.15, -0.1) is 0 Å². The lowest BCUT2D eigenvalue weighted by molar-refractivity contribution is -0.149. The number of para-hydroxylation sites is 1. The van der Waals surface area contributed by atoms with Gasteiger partial charge in [0.05, 0.1) is 6.42 Å². The van der Waals surface area contributed by atoms with Crippen LogP contribution in [0.2, 0.25) is 0 Å². The van der Waals surface area contributed by atoms with Gasteiger partial charge in [0.1, 0.15) is 0 Å². The molecule has 0 fully saturated rings. The van der Waals surface area contributed by atoms with Crippen molar-refractivity contribution in [3.8, 4) is 0 Å². The Morgan fingerprint density at radius 1 is 1.24 bits per heavy atom. The molecule has 0 bridgehead atoms. The molecule has 1 aromatic rings. The van der Waals surface area contributed by atoms with Gasteiger partial charge in [-0.1, -0.05) is 39.0 Å². The number of rotatable bonds is 3. The molecule has 1 aliphatic heterocycles. The third-order valence-electron chi connectivity index (χ3n) is 3.44. The van der Waals surface area contributed by atoms with Crippen molar-refractivity contribution in [3.63, 3.8) is 0 Å². The molecule has 0 radical (unpaired) electrons. The van der Waals surface area contributed by atoms with E-state index in [1.54, 1.807) is 4.90 Å². The van der Waals surface area contributed by atoms with Gasteiger partial charge in [0, 0.05) is 12.2 Å². The van der Waals surface area contributed by atoms with Crippen molar-refractivity contribution in [2.24, 2.45) is 5.41 Å². The molecule has 4 heteroatoms. The molecular weight excluding hydrogens is 266 g/mol. The Bertz CT molecular complexity index is 531. The number of esters is 1. The first kappa shape index (κ1) is 15.5. The van der Waals surface area contributed by atoms with Crippen molar-refractivity contribution in [3.05, 3.63) is 29.8 Å². The zero-order valence-electron chi connectivity index (χ0n) is 13.0. The van der Waals surface area contributed by atoms with E-state index >= 15 is 0 Å². The minimum atomic E-state index is -0.318. The molecule has 0 spiro atoms. The van der Waals surface area contributed by atoms with Crippen molar-refractivity contribution in [1.29, 1.82) is 0 Å². The number of carbonyl (C=O) groups is 2. The summed E-state index contributed by atoms with van der Waals surface area (Å²) in [5.41, 5.74) is 2.00. The first-order chi connectivity index (χ1) is 9.87. The van der Waals surface area contributed by atoms with Crippen molar-refractivity contribution in [2.75, 3.05) is 18.1 Å². The molecule has 0 N–H and O–H groups in total. The Labute approximate surface area is 126 Å². The van der Waals surface area contributed by atoms with Crippen LogP contribution in [0.25, 0.3) is 0 Å². The van der Waals surface area contributed by atoms with Crippen LogP contribution in [0, 0.1) is 5.41 Å². The molecule has 0 unspecified atom stereocenters. The highest BCUT2D eigenvalue weighted by atomic mass is 16.5. The number of hydrogen-bond acceptors (Lipinski definition) is 3. The predicted molar refractivity (Wildman–Crippen MR) is 82.1 cm³/mol. The largest absolute Gasteiger partial charge is 0.456 e. The van der Waals surface area contributed by atoms with Crippen molar-refractivity contribution < 1.29 is 14.3 Å². The van der Waals surface area contributed by atoms with E-state index in [9.17, 15) is 9.59 Å². The van der Waals surface area contributed by atoms with Gasteiger partial charge in [0.25, 0.3) is 5.91 Å². The van der Waals surface area contributed by atoms with Crippen LogP contribution in [0.5, 0.6) is 0 Å². The number of fused-ring (bicyclic) bond motifs is 1. The number of benzene rings is 1. The van der Waals surface area contributed by atoms with Crippen LogP contribution in [0.15, 0.2) is 24.3 Å². The van der Waals surface area contributed by atoms with E-state index < -0.39 is 0 Å². The van der Waals surface area contributed by atoms with Crippen LogP contribution >= 0.6 is 0 Å². The Balaban J connectivity index is 1.95. The smallest absolute Gasteiger partial charge is 0.306 e. The minimum Gasteiger partial charge on any atom is -0.456 e. The highest BCUT2D eigenvalue weighted by Crippen LogP contribution is 2.26. The summed E-state index contributed by atoms with van der Waals surface area (Å²) in [7, 11) is 0. The monoisotopic (exact) mass is 289 g/mol. The molecule has 21 heavy (non-hydrogen) atoms. The second kappa shape index (κ2) is 6.29. The van der Waals surface area contributed by atoms with Gasteiger partial charge >= 0.3 is 5.97 Å². The SMILES string of the molecule is CC(C)(C)CC(=O)OCC(=O)N1CCCc2ccccc21. The van der Waals surface area contributed by atoms with Gasteiger partial charge in [-0.05, 0) is 29.9 Å². The molecule has 0 aromatic heterocycles. The molecule has 1 heterocycles. The summed E-state index contributed by atoms with van der Waals surface area (Å²) in [5, 5.41) is 0. The van der Waals surface area contributed by atoms with Crippen LogP contribution in [-0.2, 0) is 20.7 Å². The number of hydrogen-bond donors (Lipinski definition) is 0. The normalized spacial score (nSPS) is 14.5. The number of anilines is 1. The van der Waals surface area contributed by atoms with Crippen LogP contribution in [0.4, 0.5) is 5.69 Å². The summed E-state index contributed by atoms with van der Waals surface area (Å²) in [6.07, 6.45) is 2.25. The Morgan fingerprint density at radius 2 is 1.95 bits per heavy atom. The number of ether oxygens (including phenoxy) is 1. The third-order valence-corrected chi connectivity index (χ3v) is 3.44. The van der Waals surface area contributed by atoms with Crippen LogP contribution in [-0.4, -0.2) is 25.0 Å². The summed E-state index contributed by atoms with van der Waals surface area (Å²) >= 11 is 0. The topological polar surface area (TPSA) is 46.6 Å². The Hall–Kier alpha value is -1.84. The second-order valence-corrected chi connectivity index (χ2v) is 6.68. The van der Waals surface area contributed by atoms with E-state index in [1.807, 2.05) is 45.0 Å². The summed E-state index contributed by atoms with van der Waals surface area (Å²) < 4.78 is 5.12. The molecule has 1 amide bonds. The minimum absolute atomic E-state index is 0.127. The fraction of sp³-hybridized carbons (Fsp3) is 0.529. The van der Waals surface area contributed by atoms with Gasteiger partial charge in [0.2, 0.25) is 0 Å². The summed E-state index contributed by atoms with van der Waals surface area (Å²) in [4.78, 5) is 25.7. The van der Waals surface area contributed by atoms with E-state index in [4.69, 9.17) is 4.74 Å². The lowest BCUT2D eigenvalue weighted by Crippen LogP contribution is -2.38. The molecular formula is C17H23NO3. The maximum absolute atomic E-state index is 12.3. The van der Waals surface area contributed by atoms with Crippen LogP contribution in [0.1, 0.15) is 39.2 Å². The van der Waals surface area contributed by atoms with Crippen LogP contribution < -0.4 is 4.90 Å². The average Bonchev–Trinajstić information content (AvgIpc) is 2.42. The van der Waals surface area contributed by atoms with Gasteiger partial charge < -0.3 is 9.64 Å². The first-order valence-corrected chi connectivity index (χ1v) is 7.41. The van der Waals surface area contributed by atoms with E-state index in [0.29, 0.717) is 13.0 Å². The average molecular weight is 289 g/mol. The van der Waals surface area contributed by atoms with Gasteiger partial charge in [0.15, 0.2) is 6.61 Å². The molecule has 0 saturated carbocycles. The lowest BCUT2D eigenvalue weighted by atomic mass is 9.92. The van der Waals surface area contributed by atoms with Gasteiger partial charge in [-0.3, -0.25) is 9.59 Å². The first-order valence-electron chi connectivity index (χ1n) is 7.41. The molecule has 1 aromatic carbocycles. The predicted octanol–water partition coefficient (Wildman–Crippen LogP) is 2.95. The standard InChI is InChI=1S/C17H23NO3/c1-17(2,3)11-16(20)21-12-15(19)18-10-6-8-13-7-4-5-9-14(13)18/h4-5,7,9H,6,8,10-12H2,1-3H3. The quantitative estimate of drug-likeness (QED) is 0.804. The van der Waals surface area contributed by atoms with E-state index in [1.165, 1.54) is 5.56 Å². The lowest BCUT2D eigenvalue weighted by Gasteiger charge is -2.29. The Morgan fingerprint density at radius 3 is 2.67 bits per heavy atom. The van der Waals surface area contributed by atoms with Crippen molar-refractivity contribution in [1.82, 2.24) is 0 Å². The number of nitrogens with zero attached hydrogens (tertiary/aromatic N) is 1. The van der Waals surface area contributed by atoms with Crippen LogP contribution in [0.3, 0.4) is 0 Å². The number of aryl methyl sites for hydroxylation is 1. The van der Waals surface area contributed by atoms with Gasteiger partial charge in [-0.25, -0.2) is 0 Å².